The molecule has 2 aliphatic rings. The predicted molar refractivity (Wildman–Crippen MR) is 59.2 cm³/mol. The number of methoxy groups -OCH3 is 1. The van der Waals surface area contributed by atoms with E-state index < -0.39 is 0 Å². The maximum Gasteiger partial charge on any atom is 0.0580 e. The summed E-state index contributed by atoms with van der Waals surface area (Å²) >= 11 is 0. The van der Waals surface area contributed by atoms with Crippen LogP contribution < -0.4 is 0 Å². The van der Waals surface area contributed by atoms with Gasteiger partial charge in [-0.15, -0.1) is 0 Å². The Kier molecular flexibility index (Phi) is 3.27. The molecule has 0 saturated heterocycles. The van der Waals surface area contributed by atoms with Crippen molar-refractivity contribution in [1.29, 1.82) is 0 Å². The average molecular weight is 194 g/mol. The van der Waals surface area contributed by atoms with Gasteiger partial charge in [-0.1, -0.05) is 25.0 Å². The maximum atomic E-state index is 5.48. The van der Waals surface area contributed by atoms with Gasteiger partial charge < -0.3 is 4.74 Å². The van der Waals surface area contributed by atoms with Crippen LogP contribution in [-0.4, -0.2) is 13.2 Å². The molecule has 0 radical (unpaired) electrons. The molecule has 3 atom stereocenters. The number of hydrogen-bond acceptors (Lipinski definition) is 1. The van der Waals surface area contributed by atoms with Gasteiger partial charge in [-0.25, -0.2) is 0 Å². The van der Waals surface area contributed by atoms with E-state index in [4.69, 9.17) is 4.74 Å². The molecule has 1 saturated carbocycles. The van der Waals surface area contributed by atoms with E-state index in [0.717, 1.165) is 11.8 Å². The molecular formula is C13H22O. The second-order valence-electron chi connectivity index (χ2n) is 4.98. The Balaban J connectivity index is 2.05. The largest absolute Gasteiger partial charge is 0.381 e. The molecule has 0 aromatic carbocycles. The third kappa shape index (κ3) is 2.20. The van der Waals surface area contributed by atoms with Crippen molar-refractivity contribution in [1.82, 2.24) is 0 Å². The van der Waals surface area contributed by atoms with Crippen molar-refractivity contribution in [3.63, 3.8) is 0 Å². The highest BCUT2D eigenvalue weighted by Gasteiger charge is 2.27. The Morgan fingerprint density at radius 2 is 2.14 bits per heavy atom. The topological polar surface area (TPSA) is 9.23 Å². The first-order valence-electron chi connectivity index (χ1n) is 6.03. The van der Waals surface area contributed by atoms with Crippen molar-refractivity contribution >= 4 is 0 Å². The van der Waals surface area contributed by atoms with Gasteiger partial charge in [-0.3, -0.25) is 0 Å². The van der Waals surface area contributed by atoms with Crippen molar-refractivity contribution in [2.45, 2.75) is 51.6 Å². The van der Waals surface area contributed by atoms with Crippen molar-refractivity contribution in [3.05, 3.63) is 11.6 Å². The van der Waals surface area contributed by atoms with Gasteiger partial charge in [-0.05, 0) is 43.9 Å². The predicted octanol–water partition coefficient (Wildman–Crippen LogP) is 3.55. The Morgan fingerprint density at radius 3 is 2.93 bits per heavy atom. The van der Waals surface area contributed by atoms with Crippen molar-refractivity contribution in [2.24, 2.45) is 11.8 Å². The van der Waals surface area contributed by atoms with Crippen molar-refractivity contribution in [3.8, 4) is 0 Å². The molecule has 80 valence electrons. The zero-order valence-electron chi connectivity index (χ0n) is 9.46. The van der Waals surface area contributed by atoms with Crippen LogP contribution in [0.3, 0.4) is 0 Å². The fourth-order valence-electron chi connectivity index (χ4n) is 2.99. The summed E-state index contributed by atoms with van der Waals surface area (Å²) in [6.45, 7) is 2.36. The Labute approximate surface area is 87.5 Å². The summed E-state index contributed by atoms with van der Waals surface area (Å²) in [6.07, 6.45) is 11.1. The Bertz CT molecular complexity index is 219. The summed E-state index contributed by atoms with van der Waals surface area (Å²) in [4.78, 5) is 0. The van der Waals surface area contributed by atoms with E-state index in [0.29, 0.717) is 6.10 Å². The van der Waals surface area contributed by atoms with E-state index in [-0.39, 0.29) is 0 Å². The lowest BCUT2D eigenvalue weighted by atomic mass is 9.80. The summed E-state index contributed by atoms with van der Waals surface area (Å²) in [7, 11) is 1.86. The summed E-state index contributed by atoms with van der Waals surface area (Å²) in [5.41, 5.74) is 1.74. The van der Waals surface area contributed by atoms with Crippen LogP contribution in [0.15, 0.2) is 11.6 Å². The zero-order valence-corrected chi connectivity index (χ0v) is 9.46. The van der Waals surface area contributed by atoms with Gasteiger partial charge in [0.25, 0.3) is 0 Å². The van der Waals surface area contributed by atoms with Gasteiger partial charge in [0, 0.05) is 7.11 Å². The summed E-state index contributed by atoms with van der Waals surface area (Å²) in [5, 5.41) is 0. The van der Waals surface area contributed by atoms with E-state index in [1.165, 1.54) is 38.5 Å². The molecule has 0 aromatic heterocycles. The molecular weight excluding hydrogens is 172 g/mol. The van der Waals surface area contributed by atoms with Crippen LogP contribution in [0.25, 0.3) is 0 Å². The van der Waals surface area contributed by atoms with E-state index >= 15 is 0 Å². The summed E-state index contributed by atoms with van der Waals surface area (Å²) in [5.74, 6) is 1.66. The Morgan fingerprint density at radius 1 is 1.29 bits per heavy atom. The third-order valence-corrected chi connectivity index (χ3v) is 3.87. The van der Waals surface area contributed by atoms with Crippen LogP contribution in [0.4, 0.5) is 0 Å². The summed E-state index contributed by atoms with van der Waals surface area (Å²) < 4.78 is 5.48. The van der Waals surface area contributed by atoms with Gasteiger partial charge in [0.05, 0.1) is 6.10 Å². The van der Waals surface area contributed by atoms with E-state index in [1.54, 1.807) is 5.57 Å². The number of hydrogen-bond donors (Lipinski definition) is 0. The minimum atomic E-state index is 0.533. The smallest absolute Gasteiger partial charge is 0.0580 e. The van der Waals surface area contributed by atoms with Gasteiger partial charge >= 0.3 is 0 Å². The highest BCUT2D eigenvalue weighted by Crippen LogP contribution is 2.37. The van der Waals surface area contributed by atoms with Crippen LogP contribution in [-0.2, 0) is 4.74 Å². The van der Waals surface area contributed by atoms with Gasteiger partial charge in [-0.2, -0.15) is 0 Å². The fraction of sp³-hybridized carbons (Fsp3) is 0.846. The quantitative estimate of drug-likeness (QED) is 0.580. The van der Waals surface area contributed by atoms with Gasteiger partial charge in [0.1, 0.15) is 0 Å². The lowest BCUT2D eigenvalue weighted by molar-refractivity contribution is 0.0640. The SMILES string of the molecule is COC1CCC2=CC(C)CCCC2C1. The van der Waals surface area contributed by atoms with Crippen LogP contribution in [0.5, 0.6) is 0 Å². The lowest BCUT2D eigenvalue weighted by Crippen LogP contribution is -2.23. The maximum absolute atomic E-state index is 5.48. The molecule has 0 heterocycles. The Hall–Kier alpha value is -0.300. The number of fused-ring (bicyclic) bond motifs is 1. The molecule has 1 fully saturated rings. The molecule has 1 heteroatoms. The molecule has 3 unspecified atom stereocenters. The molecule has 0 spiro atoms. The number of rotatable bonds is 1. The monoisotopic (exact) mass is 194 g/mol. The first kappa shape index (κ1) is 10.2. The molecule has 0 N–H and O–H groups in total. The number of ether oxygens (including phenoxy) is 1. The first-order valence-corrected chi connectivity index (χ1v) is 6.03. The summed E-state index contributed by atoms with van der Waals surface area (Å²) in [6, 6.07) is 0. The lowest BCUT2D eigenvalue weighted by Gasteiger charge is -2.30. The van der Waals surface area contributed by atoms with Gasteiger partial charge in [0.2, 0.25) is 0 Å². The normalized spacial score (nSPS) is 38.4. The number of allylic oxidation sites excluding steroid dienone is 2. The molecule has 0 bridgehead atoms. The second kappa shape index (κ2) is 4.48. The highest BCUT2D eigenvalue weighted by atomic mass is 16.5. The highest BCUT2D eigenvalue weighted by molar-refractivity contribution is 5.13. The molecule has 2 rings (SSSR count). The van der Waals surface area contributed by atoms with Crippen LogP contribution >= 0.6 is 0 Å². The van der Waals surface area contributed by atoms with Crippen LogP contribution in [0.1, 0.15) is 45.4 Å². The van der Waals surface area contributed by atoms with Crippen molar-refractivity contribution < 1.29 is 4.74 Å². The molecule has 0 aromatic rings. The minimum absolute atomic E-state index is 0.533. The minimum Gasteiger partial charge on any atom is -0.381 e. The van der Waals surface area contributed by atoms with Crippen LogP contribution in [0, 0.1) is 11.8 Å². The molecule has 2 aliphatic carbocycles. The first-order chi connectivity index (χ1) is 6.79. The van der Waals surface area contributed by atoms with Crippen molar-refractivity contribution in [2.75, 3.05) is 7.11 Å². The molecule has 0 amide bonds. The van der Waals surface area contributed by atoms with E-state index in [9.17, 15) is 0 Å². The molecule has 1 nitrogen and oxygen atoms in total. The second-order valence-corrected chi connectivity index (χ2v) is 4.98. The zero-order chi connectivity index (χ0) is 9.97. The third-order valence-electron chi connectivity index (χ3n) is 3.87. The molecule has 0 aliphatic heterocycles. The average Bonchev–Trinajstić information content (AvgIpc) is 2.37. The van der Waals surface area contributed by atoms with E-state index in [2.05, 4.69) is 13.0 Å². The van der Waals surface area contributed by atoms with E-state index in [1.807, 2.05) is 7.11 Å². The van der Waals surface area contributed by atoms with Crippen LogP contribution in [0.2, 0.25) is 0 Å². The molecule has 14 heavy (non-hydrogen) atoms. The fourth-order valence-corrected chi connectivity index (χ4v) is 2.99. The van der Waals surface area contributed by atoms with Gasteiger partial charge in [0.15, 0.2) is 0 Å². The standard InChI is InChI=1S/C13H22O/c1-10-4-3-5-11-9-13(14-2)7-6-12(11)8-10/h8,10-11,13H,3-7,9H2,1-2H3.